The van der Waals surface area contributed by atoms with E-state index >= 15 is 0 Å². The van der Waals surface area contributed by atoms with Crippen molar-refractivity contribution in [1.82, 2.24) is 9.88 Å². The topological polar surface area (TPSA) is 72.4 Å². The molecule has 1 fully saturated rings. The fourth-order valence-electron chi connectivity index (χ4n) is 2.83. The van der Waals surface area contributed by atoms with E-state index in [4.69, 9.17) is 33.4 Å². The van der Waals surface area contributed by atoms with Crippen LogP contribution in [-0.2, 0) is 4.79 Å². The largest absolute Gasteiger partial charge is 0.448 e. The zero-order valence-electron chi connectivity index (χ0n) is 13.3. The second kappa shape index (κ2) is 7.13. The molecular weight excluding hydrogens is 349 g/mol. The van der Waals surface area contributed by atoms with Crippen LogP contribution < -0.4 is 5.73 Å². The van der Waals surface area contributed by atoms with Crippen LogP contribution >= 0.6 is 23.2 Å². The summed E-state index contributed by atoms with van der Waals surface area (Å²) in [4.78, 5) is 18.7. The van der Waals surface area contributed by atoms with Gasteiger partial charge in [0, 0.05) is 23.7 Å². The molecule has 2 aromatic rings. The highest BCUT2D eigenvalue weighted by molar-refractivity contribution is 6.36. The van der Waals surface area contributed by atoms with E-state index < -0.39 is 6.04 Å². The van der Waals surface area contributed by atoms with Crippen LogP contribution in [0.25, 0.3) is 11.3 Å². The third-order valence-electron chi connectivity index (χ3n) is 4.36. The molecule has 0 bridgehead atoms. The van der Waals surface area contributed by atoms with E-state index in [0.29, 0.717) is 21.6 Å². The first-order valence-corrected chi connectivity index (χ1v) is 8.68. The number of oxazole rings is 1. The van der Waals surface area contributed by atoms with E-state index in [0.717, 1.165) is 31.5 Å². The van der Waals surface area contributed by atoms with Crippen molar-refractivity contribution >= 4 is 29.1 Å². The lowest BCUT2D eigenvalue weighted by atomic mass is 10.0. The summed E-state index contributed by atoms with van der Waals surface area (Å²) >= 11 is 12.1. The average molecular weight is 368 g/mol. The van der Waals surface area contributed by atoms with Crippen LogP contribution in [0.4, 0.5) is 0 Å². The van der Waals surface area contributed by atoms with Gasteiger partial charge in [-0.05, 0) is 31.0 Å². The van der Waals surface area contributed by atoms with Gasteiger partial charge in [0.15, 0.2) is 5.89 Å². The average Bonchev–Trinajstić information content (AvgIpc) is 3.24. The minimum Gasteiger partial charge on any atom is -0.448 e. The maximum absolute atomic E-state index is 12.4. The molecule has 1 saturated heterocycles. The van der Waals surface area contributed by atoms with Gasteiger partial charge in [0.2, 0.25) is 5.91 Å². The van der Waals surface area contributed by atoms with E-state index in [1.807, 2.05) is 6.92 Å². The highest BCUT2D eigenvalue weighted by Crippen LogP contribution is 2.31. The van der Waals surface area contributed by atoms with Gasteiger partial charge < -0.3 is 15.1 Å². The summed E-state index contributed by atoms with van der Waals surface area (Å²) in [7, 11) is 0. The Labute approximate surface area is 150 Å². The first kappa shape index (κ1) is 17.3. The molecule has 0 spiro atoms. The zero-order chi connectivity index (χ0) is 17.3. The lowest BCUT2D eigenvalue weighted by molar-refractivity contribution is -0.132. The Morgan fingerprint density at radius 2 is 2.04 bits per heavy atom. The summed E-state index contributed by atoms with van der Waals surface area (Å²) in [6, 6.07) is 4.50. The lowest BCUT2D eigenvalue weighted by Gasteiger charge is -2.22. The second-order valence-corrected chi connectivity index (χ2v) is 6.89. The third-order valence-corrected chi connectivity index (χ3v) is 4.91. The van der Waals surface area contributed by atoms with Gasteiger partial charge in [0.05, 0.1) is 17.0 Å². The number of halogens is 2. The molecule has 1 aliphatic heterocycles. The van der Waals surface area contributed by atoms with Crippen molar-refractivity contribution < 1.29 is 9.21 Å². The summed E-state index contributed by atoms with van der Waals surface area (Å²) in [6.45, 7) is 3.39. The Bertz CT molecular complexity index is 741. The van der Waals surface area contributed by atoms with Gasteiger partial charge in [-0.25, -0.2) is 4.98 Å². The number of likely N-dealkylation sites (tertiary alicyclic amines) is 1. The standard InChI is InChI=1S/C17H19Cl2N3O2/c1-10(15(20)17(23)22-6-2-3-7-22)16-21-14(9-24-16)12-5-4-11(18)8-13(12)19/h4-5,8-10,15H,2-3,6-7,20H2,1H3/t10-,15-/m0/s1. The zero-order valence-corrected chi connectivity index (χ0v) is 14.8. The van der Waals surface area contributed by atoms with Crippen molar-refractivity contribution in [1.29, 1.82) is 0 Å². The van der Waals surface area contributed by atoms with Crippen molar-refractivity contribution in [2.75, 3.05) is 13.1 Å². The van der Waals surface area contributed by atoms with E-state index in [9.17, 15) is 4.79 Å². The maximum atomic E-state index is 12.4. The van der Waals surface area contributed by atoms with Crippen molar-refractivity contribution in [3.8, 4) is 11.3 Å². The third kappa shape index (κ3) is 3.43. The predicted octanol–water partition coefficient (Wildman–Crippen LogP) is 3.70. The minimum atomic E-state index is -0.671. The molecule has 1 aromatic carbocycles. The van der Waals surface area contributed by atoms with Gasteiger partial charge in [-0.3, -0.25) is 4.79 Å². The summed E-state index contributed by atoms with van der Waals surface area (Å²) in [6.07, 6.45) is 3.59. The van der Waals surface area contributed by atoms with Crippen LogP contribution in [0.3, 0.4) is 0 Å². The fraction of sp³-hybridized carbons (Fsp3) is 0.412. The van der Waals surface area contributed by atoms with Gasteiger partial charge in [0.25, 0.3) is 0 Å². The molecule has 1 aliphatic rings. The number of benzene rings is 1. The highest BCUT2D eigenvalue weighted by atomic mass is 35.5. The molecule has 3 rings (SSSR count). The molecule has 0 unspecified atom stereocenters. The molecule has 5 nitrogen and oxygen atoms in total. The number of carbonyl (C=O) groups is 1. The summed E-state index contributed by atoms with van der Waals surface area (Å²) < 4.78 is 5.55. The predicted molar refractivity (Wildman–Crippen MR) is 94.2 cm³/mol. The molecule has 1 amide bonds. The molecule has 2 atom stereocenters. The molecular formula is C17H19Cl2N3O2. The number of nitrogens with two attached hydrogens (primary N) is 1. The van der Waals surface area contributed by atoms with Gasteiger partial charge in [-0.15, -0.1) is 0 Å². The van der Waals surface area contributed by atoms with Crippen LogP contribution in [0.15, 0.2) is 28.9 Å². The summed E-state index contributed by atoms with van der Waals surface area (Å²) in [5, 5.41) is 1.05. The van der Waals surface area contributed by atoms with Crippen molar-refractivity contribution in [3.05, 3.63) is 40.4 Å². The number of aromatic nitrogens is 1. The maximum Gasteiger partial charge on any atom is 0.240 e. The molecule has 24 heavy (non-hydrogen) atoms. The number of nitrogens with zero attached hydrogens (tertiary/aromatic N) is 2. The van der Waals surface area contributed by atoms with E-state index in [1.165, 1.54) is 6.26 Å². The smallest absolute Gasteiger partial charge is 0.240 e. The van der Waals surface area contributed by atoms with Crippen LogP contribution in [-0.4, -0.2) is 34.9 Å². The summed E-state index contributed by atoms with van der Waals surface area (Å²) in [5.74, 6) is 0.0539. The van der Waals surface area contributed by atoms with E-state index in [-0.39, 0.29) is 11.8 Å². The van der Waals surface area contributed by atoms with E-state index in [1.54, 1.807) is 23.1 Å². The molecule has 128 valence electrons. The van der Waals surface area contributed by atoms with Crippen LogP contribution in [0.5, 0.6) is 0 Å². The number of carbonyl (C=O) groups excluding carboxylic acids is 1. The van der Waals surface area contributed by atoms with Gasteiger partial charge in [-0.1, -0.05) is 30.1 Å². The van der Waals surface area contributed by atoms with Crippen LogP contribution in [0.2, 0.25) is 10.0 Å². The number of hydrogen-bond acceptors (Lipinski definition) is 4. The monoisotopic (exact) mass is 367 g/mol. The number of hydrogen-bond donors (Lipinski definition) is 1. The SMILES string of the molecule is C[C@H](c1nc(-c2ccc(Cl)cc2Cl)co1)[C@H](N)C(=O)N1CCCC1. The normalized spacial score (nSPS) is 17.1. The van der Waals surface area contributed by atoms with Gasteiger partial charge in [0.1, 0.15) is 12.0 Å². The molecule has 1 aromatic heterocycles. The van der Waals surface area contributed by atoms with Crippen molar-refractivity contribution in [2.24, 2.45) is 5.73 Å². The Balaban J connectivity index is 1.77. The highest BCUT2D eigenvalue weighted by Gasteiger charge is 2.31. The number of amides is 1. The molecule has 0 saturated carbocycles. The van der Waals surface area contributed by atoms with Crippen molar-refractivity contribution in [3.63, 3.8) is 0 Å². The first-order chi connectivity index (χ1) is 11.5. The molecule has 0 radical (unpaired) electrons. The molecule has 2 N–H and O–H groups in total. The Morgan fingerprint density at radius 3 is 2.71 bits per heavy atom. The molecule has 0 aliphatic carbocycles. The Morgan fingerprint density at radius 1 is 1.33 bits per heavy atom. The lowest BCUT2D eigenvalue weighted by Crippen LogP contribution is -2.45. The number of rotatable bonds is 4. The van der Waals surface area contributed by atoms with E-state index in [2.05, 4.69) is 4.98 Å². The Hall–Kier alpha value is -1.56. The first-order valence-electron chi connectivity index (χ1n) is 7.92. The van der Waals surface area contributed by atoms with Crippen LogP contribution in [0, 0.1) is 0 Å². The molecule has 2 heterocycles. The molecule has 7 heteroatoms. The fourth-order valence-corrected chi connectivity index (χ4v) is 3.34. The van der Waals surface area contributed by atoms with Gasteiger partial charge >= 0.3 is 0 Å². The van der Waals surface area contributed by atoms with Crippen LogP contribution in [0.1, 0.15) is 31.6 Å². The second-order valence-electron chi connectivity index (χ2n) is 6.04. The Kier molecular flexibility index (Phi) is 5.13. The van der Waals surface area contributed by atoms with Gasteiger partial charge in [-0.2, -0.15) is 0 Å². The summed E-state index contributed by atoms with van der Waals surface area (Å²) in [5.41, 5.74) is 7.46. The van der Waals surface area contributed by atoms with Crippen molar-refractivity contribution in [2.45, 2.75) is 31.7 Å². The quantitative estimate of drug-likeness (QED) is 0.893. The minimum absolute atomic E-state index is 0.0516.